The summed E-state index contributed by atoms with van der Waals surface area (Å²) in [5.41, 5.74) is 4.80. The lowest BCUT2D eigenvalue weighted by atomic mass is 10.0. The van der Waals surface area contributed by atoms with Crippen molar-refractivity contribution in [1.82, 2.24) is 4.83 Å². The number of aryl methyl sites for hydroxylation is 2. The Morgan fingerprint density at radius 2 is 1.51 bits per heavy atom. The molecular formula is C31H29N3O4S. The molecule has 1 aliphatic rings. The van der Waals surface area contributed by atoms with Crippen molar-refractivity contribution < 1.29 is 18.0 Å². The maximum absolute atomic E-state index is 13.8. The molecule has 0 bridgehead atoms. The van der Waals surface area contributed by atoms with E-state index in [1.807, 2.05) is 44.2 Å². The molecule has 0 saturated carbocycles. The number of nitrogens with zero attached hydrogens (tertiary/aromatic N) is 2. The van der Waals surface area contributed by atoms with Gasteiger partial charge < -0.3 is 4.90 Å². The topological polar surface area (TPSA) is 86.8 Å². The van der Waals surface area contributed by atoms with Crippen LogP contribution in [0.5, 0.6) is 0 Å². The van der Waals surface area contributed by atoms with Gasteiger partial charge in [0.2, 0.25) is 0 Å². The quantitative estimate of drug-likeness (QED) is 0.331. The van der Waals surface area contributed by atoms with Gasteiger partial charge in [0.25, 0.3) is 21.8 Å². The second-order valence-corrected chi connectivity index (χ2v) is 11.2. The lowest BCUT2D eigenvalue weighted by molar-refractivity contribution is 0.0976. The molecule has 5 rings (SSSR count). The number of sulfonamides is 1. The first kappa shape index (κ1) is 26.3. The van der Waals surface area contributed by atoms with E-state index in [4.69, 9.17) is 0 Å². The number of carbonyl (C=O) groups is 2. The summed E-state index contributed by atoms with van der Waals surface area (Å²) in [4.78, 5) is 31.4. The van der Waals surface area contributed by atoms with Gasteiger partial charge in [-0.1, -0.05) is 48.5 Å². The van der Waals surface area contributed by atoms with Crippen molar-refractivity contribution in [1.29, 1.82) is 0 Å². The van der Waals surface area contributed by atoms with Gasteiger partial charge in [0.05, 0.1) is 10.6 Å². The summed E-state index contributed by atoms with van der Waals surface area (Å²) in [7, 11) is -4.08. The van der Waals surface area contributed by atoms with Gasteiger partial charge in [-0.3, -0.25) is 9.59 Å². The zero-order chi connectivity index (χ0) is 27.6. The molecule has 1 heterocycles. The van der Waals surface area contributed by atoms with E-state index < -0.39 is 15.9 Å². The maximum atomic E-state index is 13.8. The lowest BCUT2D eigenvalue weighted by Crippen LogP contribution is -2.46. The number of hydrazine groups is 1. The average Bonchev–Trinajstić information content (AvgIpc) is 2.97. The highest BCUT2D eigenvalue weighted by Gasteiger charge is 2.27. The molecule has 39 heavy (non-hydrogen) atoms. The summed E-state index contributed by atoms with van der Waals surface area (Å²) in [6.07, 6.45) is 1.80. The predicted octanol–water partition coefficient (Wildman–Crippen LogP) is 5.44. The number of para-hydroxylation sites is 1. The van der Waals surface area contributed by atoms with Crippen molar-refractivity contribution in [2.75, 3.05) is 16.5 Å². The van der Waals surface area contributed by atoms with Crippen molar-refractivity contribution >= 4 is 33.2 Å². The van der Waals surface area contributed by atoms with Crippen LogP contribution in [0.2, 0.25) is 0 Å². The van der Waals surface area contributed by atoms with Crippen molar-refractivity contribution in [2.24, 2.45) is 0 Å². The highest BCUT2D eigenvalue weighted by atomic mass is 32.2. The third-order valence-electron chi connectivity index (χ3n) is 7.03. The minimum Gasteiger partial charge on any atom is -0.308 e. The van der Waals surface area contributed by atoms with Crippen LogP contribution in [-0.2, 0) is 16.4 Å². The zero-order valence-electron chi connectivity index (χ0n) is 21.8. The van der Waals surface area contributed by atoms with Gasteiger partial charge in [-0.2, -0.15) is 0 Å². The third kappa shape index (κ3) is 5.34. The number of hydrogen-bond donors (Lipinski definition) is 1. The van der Waals surface area contributed by atoms with E-state index in [1.165, 1.54) is 12.1 Å². The van der Waals surface area contributed by atoms with Gasteiger partial charge in [-0.25, -0.2) is 13.4 Å². The van der Waals surface area contributed by atoms with E-state index in [2.05, 4.69) is 4.83 Å². The van der Waals surface area contributed by atoms with E-state index in [0.29, 0.717) is 17.7 Å². The summed E-state index contributed by atoms with van der Waals surface area (Å²) >= 11 is 0. The summed E-state index contributed by atoms with van der Waals surface area (Å²) in [5, 5.41) is 1.02. The van der Waals surface area contributed by atoms with Gasteiger partial charge in [0.15, 0.2) is 0 Å². The molecule has 4 aromatic rings. The van der Waals surface area contributed by atoms with Crippen LogP contribution in [0.1, 0.15) is 43.8 Å². The fourth-order valence-corrected chi connectivity index (χ4v) is 5.79. The number of benzene rings is 4. The van der Waals surface area contributed by atoms with Crippen LogP contribution in [-0.4, -0.2) is 26.8 Å². The highest BCUT2D eigenvalue weighted by Crippen LogP contribution is 2.29. The van der Waals surface area contributed by atoms with E-state index >= 15 is 0 Å². The molecule has 1 aliphatic heterocycles. The van der Waals surface area contributed by atoms with E-state index in [-0.39, 0.29) is 16.5 Å². The number of hydrogen-bond acceptors (Lipinski definition) is 4. The van der Waals surface area contributed by atoms with Crippen LogP contribution >= 0.6 is 0 Å². The summed E-state index contributed by atoms with van der Waals surface area (Å²) in [6.45, 7) is 4.33. The molecule has 0 radical (unpaired) electrons. The van der Waals surface area contributed by atoms with Crippen LogP contribution in [0.25, 0.3) is 0 Å². The van der Waals surface area contributed by atoms with Crippen molar-refractivity contribution in [3.05, 3.63) is 125 Å². The van der Waals surface area contributed by atoms with E-state index in [1.54, 1.807) is 59.5 Å². The number of anilines is 2. The standard InChI is InChI=1S/C31H29N3O4S/c1-22-10-8-15-28(23(22)2)31(36)34(32-39(37,38)27-13-4-3-5-14-27)26-19-17-25(18-20-26)30(35)33-21-9-12-24-11-6-7-16-29(24)33/h3-8,10-11,13-20,32H,9,12,21H2,1-2H3. The minimum absolute atomic E-state index is 0.0272. The Morgan fingerprint density at radius 3 is 2.26 bits per heavy atom. The molecule has 0 fully saturated rings. The van der Waals surface area contributed by atoms with Crippen LogP contribution in [0.15, 0.2) is 102 Å². The van der Waals surface area contributed by atoms with Crippen LogP contribution in [0.4, 0.5) is 11.4 Å². The number of rotatable bonds is 6. The largest absolute Gasteiger partial charge is 0.308 e. The Hall–Kier alpha value is -4.27. The van der Waals surface area contributed by atoms with E-state index in [0.717, 1.165) is 40.2 Å². The molecular weight excluding hydrogens is 510 g/mol. The Labute approximate surface area is 228 Å². The number of nitrogens with one attached hydrogen (secondary N) is 1. The molecule has 1 N–H and O–H groups in total. The molecule has 198 valence electrons. The molecule has 0 saturated heterocycles. The SMILES string of the molecule is Cc1cccc(C(=O)N(NS(=O)(=O)c2ccccc2)c2ccc(C(=O)N3CCCc4ccccc43)cc2)c1C. The highest BCUT2D eigenvalue weighted by molar-refractivity contribution is 7.89. The Bertz CT molecular complexity index is 1630. The van der Waals surface area contributed by atoms with Crippen LogP contribution in [0, 0.1) is 13.8 Å². The number of carbonyl (C=O) groups excluding carboxylic acids is 2. The zero-order valence-corrected chi connectivity index (χ0v) is 22.6. The summed E-state index contributed by atoms with van der Waals surface area (Å²) in [5.74, 6) is -0.675. The van der Waals surface area contributed by atoms with Crippen molar-refractivity contribution in [3.8, 4) is 0 Å². The van der Waals surface area contributed by atoms with Crippen molar-refractivity contribution in [2.45, 2.75) is 31.6 Å². The van der Waals surface area contributed by atoms with Gasteiger partial charge in [0, 0.05) is 23.4 Å². The lowest BCUT2D eigenvalue weighted by Gasteiger charge is -2.29. The molecule has 4 aromatic carbocycles. The molecule has 7 nitrogen and oxygen atoms in total. The fourth-order valence-electron chi connectivity index (χ4n) is 4.74. The maximum Gasteiger partial charge on any atom is 0.273 e. The van der Waals surface area contributed by atoms with Crippen molar-refractivity contribution in [3.63, 3.8) is 0 Å². The normalized spacial score (nSPS) is 13.0. The van der Waals surface area contributed by atoms with Crippen LogP contribution in [0.3, 0.4) is 0 Å². The molecule has 0 aromatic heterocycles. The Kier molecular flexibility index (Phi) is 7.32. The molecule has 0 unspecified atom stereocenters. The predicted molar refractivity (Wildman–Crippen MR) is 152 cm³/mol. The monoisotopic (exact) mass is 539 g/mol. The Balaban J connectivity index is 1.49. The Morgan fingerprint density at radius 1 is 0.821 bits per heavy atom. The fraction of sp³-hybridized carbons (Fsp3) is 0.161. The molecule has 0 atom stereocenters. The molecule has 8 heteroatoms. The second kappa shape index (κ2) is 10.8. The first-order valence-corrected chi connectivity index (χ1v) is 14.2. The summed E-state index contributed by atoms with van der Waals surface area (Å²) < 4.78 is 26.5. The second-order valence-electron chi connectivity index (χ2n) is 9.53. The smallest absolute Gasteiger partial charge is 0.273 e. The van der Waals surface area contributed by atoms with Gasteiger partial charge in [-0.15, -0.1) is 4.83 Å². The molecule has 2 amide bonds. The molecule has 0 aliphatic carbocycles. The van der Waals surface area contributed by atoms with Crippen LogP contribution < -0.4 is 14.7 Å². The van der Waals surface area contributed by atoms with Gasteiger partial charge in [-0.05, 0) is 91.9 Å². The first-order chi connectivity index (χ1) is 18.8. The number of fused-ring (bicyclic) bond motifs is 1. The molecule has 0 spiro atoms. The van der Waals surface area contributed by atoms with Gasteiger partial charge in [0.1, 0.15) is 0 Å². The first-order valence-electron chi connectivity index (χ1n) is 12.7. The summed E-state index contributed by atoms with van der Waals surface area (Å²) in [6, 6.07) is 27.5. The minimum atomic E-state index is -4.08. The van der Waals surface area contributed by atoms with E-state index in [9.17, 15) is 18.0 Å². The third-order valence-corrected chi connectivity index (χ3v) is 8.35. The number of amides is 2. The van der Waals surface area contributed by atoms with Gasteiger partial charge >= 0.3 is 0 Å². The average molecular weight is 540 g/mol.